The summed E-state index contributed by atoms with van der Waals surface area (Å²) in [6.07, 6.45) is 2.92. The third-order valence-electron chi connectivity index (χ3n) is 3.02. The third-order valence-corrected chi connectivity index (χ3v) is 3.02. The van der Waals surface area contributed by atoms with Crippen molar-refractivity contribution >= 4 is 11.6 Å². The minimum Gasteiger partial charge on any atom is -0.505 e. The van der Waals surface area contributed by atoms with Crippen LogP contribution in [0.1, 0.15) is 23.7 Å². The Hall–Kier alpha value is -1.97. The van der Waals surface area contributed by atoms with E-state index in [-0.39, 0.29) is 22.9 Å². The van der Waals surface area contributed by atoms with Gasteiger partial charge in [-0.25, -0.2) is 0 Å². The number of nitrogens with zero attached hydrogens (tertiary/aromatic N) is 1. The predicted molar refractivity (Wildman–Crippen MR) is 66.8 cm³/mol. The molecule has 0 unspecified atom stereocenters. The molecular weight excluding hydrogens is 216 g/mol. The molecule has 0 radical (unpaired) electrons. The maximum absolute atomic E-state index is 12.2. The van der Waals surface area contributed by atoms with Gasteiger partial charge in [-0.05, 0) is 25.5 Å². The summed E-state index contributed by atoms with van der Waals surface area (Å²) in [5, 5.41) is 9.76. The van der Waals surface area contributed by atoms with Crippen LogP contribution in [0.2, 0.25) is 0 Å². The maximum atomic E-state index is 12.2. The van der Waals surface area contributed by atoms with E-state index in [1.807, 2.05) is 6.08 Å². The van der Waals surface area contributed by atoms with E-state index >= 15 is 0 Å². The largest absolute Gasteiger partial charge is 0.505 e. The van der Waals surface area contributed by atoms with Gasteiger partial charge in [-0.3, -0.25) is 4.79 Å². The van der Waals surface area contributed by atoms with E-state index < -0.39 is 0 Å². The van der Waals surface area contributed by atoms with Crippen LogP contribution in [-0.4, -0.2) is 29.0 Å². The van der Waals surface area contributed by atoms with Crippen LogP contribution in [0, 0.1) is 0 Å². The Labute approximate surface area is 100 Å². The van der Waals surface area contributed by atoms with Gasteiger partial charge in [0.2, 0.25) is 0 Å². The molecular formula is C13H16N2O2. The molecule has 1 aromatic rings. The first-order chi connectivity index (χ1) is 8.09. The summed E-state index contributed by atoms with van der Waals surface area (Å²) < 4.78 is 0. The van der Waals surface area contributed by atoms with E-state index in [1.165, 1.54) is 5.57 Å². The molecule has 0 aromatic heterocycles. The Kier molecular flexibility index (Phi) is 3.04. The Morgan fingerprint density at radius 1 is 1.47 bits per heavy atom. The number of hydrogen-bond acceptors (Lipinski definition) is 3. The molecule has 0 aliphatic carbocycles. The van der Waals surface area contributed by atoms with E-state index in [0.29, 0.717) is 13.1 Å². The summed E-state index contributed by atoms with van der Waals surface area (Å²) in [4.78, 5) is 13.9. The van der Waals surface area contributed by atoms with Gasteiger partial charge in [0.15, 0.2) is 5.75 Å². The Bertz CT molecular complexity index is 480. The first-order valence-corrected chi connectivity index (χ1v) is 5.62. The highest BCUT2D eigenvalue weighted by molar-refractivity contribution is 5.98. The summed E-state index contributed by atoms with van der Waals surface area (Å²) in [6.45, 7) is 3.34. The smallest absolute Gasteiger partial charge is 0.257 e. The van der Waals surface area contributed by atoms with Gasteiger partial charge in [0.25, 0.3) is 5.91 Å². The molecule has 2 rings (SSSR count). The minimum atomic E-state index is -0.168. The number of carbonyl (C=O) groups excluding carboxylic acids is 1. The van der Waals surface area contributed by atoms with Crippen LogP contribution in [-0.2, 0) is 0 Å². The van der Waals surface area contributed by atoms with Gasteiger partial charge < -0.3 is 15.7 Å². The maximum Gasteiger partial charge on any atom is 0.257 e. The molecule has 90 valence electrons. The quantitative estimate of drug-likeness (QED) is 0.440. The zero-order chi connectivity index (χ0) is 12.4. The van der Waals surface area contributed by atoms with Crippen LogP contribution in [0.25, 0.3) is 0 Å². The van der Waals surface area contributed by atoms with Crippen molar-refractivity contribution in [1.82, 2.24) is 4.90 Å². The fourth-order valence-electron chi connectivity index (χ4n) is 1.86. The molecule has 3 N–H and O–H groups in total. The zero-order valence-corrected chi connectivity index (χ0v) is 9.81. The number of phenols is 1. The van der Waals surface area contributed by atoms with Gasteiger partial charge in [0.1, 0.15) is 0 Å². The second-order valence-electron chi connectivity index (χ2n) is 4.30. The average Bonchev–Trinajstić information content (AvgIpc) is 2.33. The molecule has 17 heavy (non-hydrogen) atoms. The SMILES string of the molecule is CC1=CCN(C(=O)c2cccc(N)c2O)CC1. The summed E-state index contributed by atoms with van der Waals surface area (Å²) in [5.74, 6) is -0.290. The van der Waals surface area contributed by atoms with Crippen LogP contribution in [0.3, 0.4) is 0 Å². The second kappa shape index (κ2) is 4.49. The van der Waals surface area contributed by atoms with Crippen molar-refractivity contribution in [2.75, 3.05) is 18.8 Å². The van der Waals surface area contributed by atoms with E-state index in [2.05, 4.69) is 6.92 Å². The number of nitrogens with two attached hydrogens (primary N) is 1. The molecule has 0 saturated carbocycles. The van der Waals surface area contributed by atoms with E-state index in [4.69, 9.17) is 5.73 Å². The lowest BCUT2D eigenvalue weighted by atomic mass is 10.1. The van der Waals surface area contributed by atoms with Crippen molar-refractivity contribution in [3.05, 3.63) is 35.4 Å². The van der Waals surface area contributed by atoms with Crippen LogP contribution in [0.4, 0.5) is 5.69 Å². The van der Waals surface area contributed by atoms with Gasteiger partial charge in [-0.2, -0.15) is 0 Å². The number of anilines is 1. The fourth-order valence-corrected chi connectivity index (χ4v) is 1.86. The first-order valence-electron chi connectivity index (χ1n) is 5.62. The molecule has 1 amide bonds. The third kappa shape index (κ3) is 2.25. The van der Waals surface area contributed by atoms with Crippen LogP contribution in [0.15, 0.2) is 29.8 Å². The Morgan fingerprint density at radius 3 is 2.88 bits per heavy atom. The molecule has 4 heteroatoms. The number of amides is 1. The summed E-state index contributed by atoms with van der Waals surface area (Å²) in [5.41, 5.74) is 7.39. The van der Waals surface area contributed by atoms with Crippen molar-refractivity contribution < 1.29 is 9.90 Å². The standard InChI is InChI=1S/C13H16N2O2/c1-9-5-7-15(8-6-9)13(17)10-3-2-4-11(14)12(10)16/h2-5,16H,6-8,14H2,1H3. The Balaban J connectivity index is 2.23. The normalized spacial score (nSPS) is 15.6. The number of carbonyl (C=O) groups is 1. The van der Waals surface area contributed by atoms with Crippen LogP contribution in [0.5, 0.6) is 5.75 Å². The number of para-hydroxylation sites is 1. The molecule has 0 bridgehead atoms. The van der Waals surface area contributed by atoms with Crippen molar-refractivity contribution in [1.29, 1.82) is 0 Å². The monoisotopic (exact) mass is 232 g/mol. The molecule has 1 heterocycles. The first kappa shape index (κ1) is 11.5. The molecule has 0 atom stereocenters. The molecule has 0 saturated heterocycles. The van der Waals surface area contributed by atoms with Crippen LogP contribution < -0.4 is 5.73 Å². The number of benzene rings is 1. The lowest BCUT2D eigenvalue weighted by Crippen LogP contribution is -2.34. The van der Waals surface area contributed by atoms with Crippen molar-refractivity contribution in [3.63, 3.8) is 0 Å². The lowest BCUT2D eigenvalue weighted by molar-refractivity contribution is 0.0766. The minimum absolute atomic E-state index is 0.122. The average molecular weight is 232 g/mol. The highest BCUT2D eigenvalue weighted by atomic mass is 16.3. The fraction of sp³-hybridized carbons (Fsp3) is 0.308. The molecule has 0 spiro atoms. The van der Waals surface area contributed by atoms with E-state index in [9.17, 15) is 9.90 Å². The van der Waals surface area contributed by atoms with Gasteiger partial charge >= 0.3 is 0 Å². The number of hydrogen-bond donors (Lipinski definition) is 2. The van der Waals surface area contributed by atoms with Crippen molar-refractivity contribution in [2.24, 2.45) is 0 Å². The molecule has 1 aliphatic rings. The lowest BCUT2D eigenvalue weighted by Gasteiger charge is -2.25. The summed E-state index contributed by atoms with van der Waals surface area (Å²) in [6, 6.07) is 4.85. The van der Waals surface area contributed by atoms with Crippen LogP contribution >= 0.6 is 0 Å². The number of aromatic hydroxyl groups is 1. The summed E-state index contributed by atoms with van der Waals surface area (Å²) >= 11 is 0. The summed E-state index contributed by atoms with van der Waals surface area (Å²) in [7, 11) is 0. The van der Waals surface area contributed by atoms with E-state index in [0.717, 1.165) is 6.42 Å². The van der Waals surface area contributed by atoms with Gasteiger partial charge in [-0.1, -0.05) is 17.7 Å². The topological polar surface area (TPSA) is 66.6 Å². The zero-order valence-electron chi connectivity index (χ0n) is 9.81. The number of rotatable bonds is 1. The predicted octanol–water partition coefficient (Wildman–Crippen LogP) is 1.77. The molecule has 1 aromatic carbocycles. The molecule has 1 aliphatic heterocycles. The highest BCUT2D eigenvalue weighted by Gasteiger charge is 2.20. The van der Waals surface area contributed by atoms with Gasteiger partial charge in [-0.15, -0.1) is 0 Å². The van der Waals surface area contributed by atoms with Gasteiger partial charge in [0, 0.05) is 13.1 Å². The second-order valence-corrected chi connectivity index (χ2v) is 4.30. The van der Waals surface area contributed by atoms with Crippen molar-refractivity contribution in [2.45, 2.75) is 13.3 Å². The Morgan fingerprint density at radius 2 is 2.24 bits per heavy atom. The molecule has 4 nitrogen and oxygen atoms in total. The molecule has 0 fully saturated rings. The number of nitrogen functional groups attached to an aromatic ring is 1. The number of phenolic OH excluding ortho intramolecular Hbond substituents is 1. The van der Waals surface area contributed by atoms with Crippen molar-refractivity contribution in [3.8, 4) is 5.75 Å². The van der Waals surface area contributed by atoms with E-state index in [1.54, 1.807) is 23.1 Å². The highest BCUT2D eigenvalue weighted by Crippen LogP contribution is 2.26. The van der Waals surface area contributed by atoms with Gasteiger partial charge in [0.05, 0.1) is 11.3 Å².